The van der Waals surface area contributed by atoms with E-state index in [9.17, 15) is 4.79 Å². The zero-order valence-electron chi connectivity index (χ0n) is 13.8. The van der Waals surface area contributed by atoms with Crippen molar-refractivity contribution in [2.45, 2.75) is 38.5 Å². The molecule has 0 saturated carbocycles. The molecule has 0 aliphatic carbocycles. The third-order valence-electron chi connectivity index (χ3n) is 5.01. The Morgan fingerprint density at radius 3 is 2.86 bits per heavy atom. The normalized spacial score (nSPS) is 28.4. The molecule has 2 aliphatic rings. The summed E-state index contributed by atoms with van der Waals surface area (Å²) in [4.78, 5) is 16.2. The number of nitrogens with zero attached hydrogens (tertiary/aromatic N) is 2. The second kappa shape index (κ2) is 6.39. The van der Waals surface area contributed by atoms with Gasteiger partial charge >= 0.3 is 0 Å². The Morgan fingerprint density at radius 2 is 2.14 bits per heavy atom. The Kier molecular flexibility index (Phi) is 4.50. The Morgan fingerprint density at radius 1 is 1.36 bits per heavy atom. The third-order valence-corrected chi connectivity index (χ3v) is 5.01. The molecule has 2 heterocycles. The standard InChI is InChI=1S/C18H26N2O2/c1-13-6-4-5-7-15(13)11-20-9-8-14-10-16(18(21)19(2)3)22-17(14)12-20/h4-7,14,16-17H,8-12H2,1-3H3/t14-,16-,17+/m0/s1. The van der Waals surface area contributed by atoms with Crippen molar-refractivity contribution in [3.05, 3.63) is 35.4 Å². The zero-order chi connectivity index (χ0) is 15.7. The van der Waals surface area contributed by atoms with E-state index in [2.05, 4.69) is 36.1 Å². The Hall–Kier alpha value is -1.39. The molecule has 0 unspecified atom stereocenters. The lowest BCUT2D eigenvalue weighted by molar-refractivity contribution is -0.141. The molecule has 4 nitrogen and oxygen atoms in total. The van der Waals surface area contributed by atoms with Crippen LogP contribution in [0.25, 0.3) is 0 Å². The van der Waals surface area contributed by atoms with Crippen LogP contribution < -0.4 is 0 Å². The minimum absolute atomic E-state index is 0.111. The monoisotopic (exact) mass is 302 g/mol. The fourth-order valence-electron chi connectivity index (χ4n) is 3.61. The molecule has 0 bridgehead atoms. The van der Waals surface area contributed by atoms with E-state index in [1.54, 1.807) is 19.0 Å². The van der Waals surface area contributed by atoms with E-state index in [1.165, 1.54) is 11.1 Å². The van der Waals surface area contributed by atoms with Crippen molar-refractivity contribution >= 4 is 5.91 Å². The first-order valence-corrected chi connectivity index (χ1v) is 8.18. The quantitative estimate of drug-likeness (QED) is 0.857. The largest absolute Gasteiger partial charge is 0.364 e. The van der Waals surface area contributed by atoms with Gasteiger partial charge in [0.25, 0.3) is 5.91 Å². The lowest BCUT2D eigenvalue weighted by atomic mass is 9.91. The first-order chi connectivity index (χ1) is 10.5. The van der Waals surface area contributed by atoms with Crippen LogP contribution in [0.1, 0.15) is 24.0 Å². The van der Waals surface area contributed by atoms with E-state index >= 15 is 0 Å². The fourth-order valence-corrected chi connectivity index (χ4v) is 3.61. The molecule has 22 heavy (non-hydrogen) atoms. The number of rotatable bonds is 3. The van der Waals surface area contributed by atoms with E-state index in [4.69, 9.17) is 4.74 Å². The lowest BCUT2D eigenvalue weighted by Gasteiger charge is -2.34. The van der Waals surface area contributed by atoms with Crippen LogP contribution in [0.5, 0.6) is 0 Å². The summed E-state index contributed by atoms with van der Waals surface area (Å²) >= 11 is 0. The second-order valence-corrected chi connectivity index (χ2v) is 6.84. The molecule has 2 saturated heterocycles. The summed E-state index contributed by atoms with van der Waals surface area (Å²) < 4.78 is 6.05. The third kappa shape index (κ3) is 3.18. The Balaban J connectivity index is 1.60. The number of amides is 1. The molecule has 120 valence electrons. The molecule has 0 spiro atoms. The highest BCUT2D eigenvalue weighted by molar-refractivity contribution is 5.80. The van der Waals surface area contributed by atoms with Crippen LogP contribution in [-0.4, -0.2) is 55.1 Å². The molecule has 2 aliphatic heterocycles. The van der Waals surface area contributed by atoms with E-state index in [1.807, 2.05) is 0 Å². The van der Waals surface area contributed by atoms with Crippen LogP contribution in [-0.2, 0) is 16.1 Å². The highest BCUT2D eigenvalue weighted by Gasteiger charge is 2.42. The van der Waals surface area contributed by atoms with Crippen molar-refractivity contribution in [2.75, 3.05) is 27.2 Å². The fraction of sp³-hybridized carbons (Fsp3) is 0.611. The Labute approximate surface area is 133 Å². The summed E-state index contributed by atoms with van der Waals surface area (Å²) in [7, 11) is 3.61. The first-order valence-electron chi connectivity index (χ1n) is 8.18. The molecule has 0 radical (unpaired) electrons. The van der Waals surface area contributed by atoms with Gasteiger partial charge in [-0.05, 0) is 43.4 Å². The van der Waals surface area contributed by atoms with Gasteiger partial charge in [0.2, 0.25) is 0 Å². The molecule has 1 aromatic rings. The van der Waals surface area contributed by atoms with Crippen LogP contribution >= 0.6 is 0 Å². The zero-order valence-corrected chi connectivity index (χ0v) is 13.8. The minimum Gasteiger partial charge on any atom is -0.364 e. The summed E-state index contributed by atoms with van der Waals surface area (Å²) in [6.07, 6.45) is 2.00. The van der Waals surface area contributed by atoms with Crippen molar-refractivity contribution in [2.24, 2.45) is 5.92 Å². The van der Waals surface area contributed by atoms with Crippen molar-refractivity contribution in [3.8, 4) is 0 Å². The topological polar surface area (TPSA) is 32.8 Å². The lowest BCUT2D eigenvalue weighted by Crippen LogP contribution is -2.42. The van der Waals surface area contributed by atoms with Crippen molar-refractivity contribution in [1.29, 1.82) is 0 Å². The van der Waals surface area contributed by atoms with E-state index in [0.717, 1.165) is 32.5 Å². The molecular formula is C18H26N2O2. The summed E-state index contributed by atoms with van der Waals surface area (Å²) in [5.41, 5.74) is 2.73. The number of likely N-dealkylation sites (tertiary alicyclic amines) is 1. The van der Waals surface area contributed by atoms with Crippen LogP contribution in [0, 0.1) is 12.8 Å². The number of piperidine rings is 1. The number of carbonyl (C=O) groups excluding carboxylic acids is 1. The van der Waals surface area contributed by atoms with Crippen LogP contribution in [0.2, 0.25) is 0 Å². The van der Waals surface area contributed by atoms with Gasteiger partial charge in [-0.3, -0.25) is 9.69 Å². The molecule has 2 fully saturated rings. The van der Waals surface area contributed by atoms with Gasteiger partial charge in [-0.15, -0.1) is 0 Å². The summed E-state index contributed by atoms with van der Waals surface area (Å²) in [6.45, 7) is 5.18. The van der Waals surface area contributed by atoms with Crippen molar-refractivity contribution in [1.82, 2.24) is 9.80 Å². The van der Waals surface area contributed by atoms with Crippen molar-refractivity contribution < 1.29 is 9.53 Å². The van der Waals surface area contributed by atoms with E-state index in [0.29, 0.717) is 5.92 Å². The second-order valence-electron chi connectivity index (χ2n) is 6.84. The van der Waals surface area contributed by atoms with Gasteiger partial charge in [0.1, 0.15) is 6.10 Å². The van der Waals surface area contributed by atoms with Gasteiger partial charge in [0.05, 0.1) is 6.10 Å². The summed E-state index contributed by atoms with van der Waals surface area (Å²) in [5, 5.41) is 0. The number of likely N-dealkylation sites (N-methyl/N-ethyl adjacent to an activating group) is 1. The van der Waals surface area contributed by atoms with Gasteiger partial charge in [0.15, 0.2) is 0 Å². The Bertz CT molecular complexity index is 544. The number of fused-ring (bicyclic) bond motifs is 1. The van der Waals surface area contributed by atoms with Gasteiger partial charge < -0.3 is 9.64 Å². The summed E-state index contributed by atoms with van der Waals surface area (Å²) in [5.74, 6) is 0.655. The average molecular weight is 302 g/mol. The molecule has 0 aromatic heterocycles. The number of hydrogen-bond acceptors (Lipinski definition) is 3. The molecular weight excluding hydrogens is 276 g/mol. The smallest absolute Gasteiger partial charge is 0.251 e. The maximum atomic E-state index is 12.1. The number of hydrogen-bond donors (Lipinski definition) is 0. The molecule has 0 N–H and O–H groups in total. The molecule has 1 amide bonds. The predicted octanol–water partition coefficient (Wildman–Crippen LogP) is 2.06. The van der Waals surface area contributed by atoms with Gasteiger partial charge in [0, 0.05) is 27.2 Å². The van der Waals surface area contributed by atoms with Gasteiger partial charge in [-0.2, -0.15) is 0 Å². The van der Waals surface area contributed by atoms with Crippen LogP contribution in [0.4, 0.5) is 0 Å². The van der Waals surface area contributed by atoms with E-state index in [-0.39, 0.29) is 18.1 Å². The highest BCUT2D eigenvalue weighted by Crippen LogP contribution is 2.34. The number of carbonyl (C=O) groups is 1. The molecule has 3 atom stereocenters. The maximum absolute atomic E-state index is 12.1. The first kappa shape index (κ1) is 15.5. The predicted molar refractivity (Wildman–Crippen MR) is 86.5 cm³/mol. The highest BCUT2D eigenvalue weighted by atomic mass is 16.5. The average Bonchev–Trinajstić information content (AvgIpc) is 2.91. The maximum Gasteiger partial charge on any atom is 0.251 e. The SMILES string of the molecule is Cc1ccccc1CN1CC[C@H]2C[C@@H](C(=O)N(C)C)O[C@@H]2C1. The van der Waals surface area contributed by atoms with E-state index < -0.39 is 0 Å². The van der Waals surface area contributed by atoms with Gasteiger partial charge in [-0.1, -0.05) is 24.3 Å². The molecule has 3 rings (SSSR count). The molecule has 1 aromatic carbocycles. The van der Waals surface area contributed by atoms with Crippen molar-refractivity contribution in [3.63, 3.8) is 0 Å². The number of ether oxygens (including phenoxy) is 1. The van der Waals surface area contributed by atoms with Gasteiger partial charge in [-0.25, -0.2) is 0 Å². The summed E-state index contributed by atoms with van der Waals surface area (Å²) in [6, 6.07) is 8.56. The number of benzene rings is 1. The molecule has 4 heteroatoms. The van der Waals surface area contributed by atoms with Crippen LogP contribution in [0.15, 0.2) is 24.3 Å². The minimum atomic E-state index is -0.233. The number of aryl methyl sites for hydroxylation is 1. The van der Waals surface area contributed by atoms with Crippen LogP contribution in [0.3, 0.4) is 0 Å².